The maximum absolute atomic E-state index is 12.2. The highest BCUT2D eigenvalue weighted by molar-refractivity contribution is 5.98. The van der Waals surface area contributed by atoms with Crippen LogP contribution in [0.25, 0.3) is 0 Å². The summed E-state index contributed by atoms with van der Waals surface area (Å²) in [6.45, 7) is 6.46. The van der Waals surface area contributed by atoms with Gasteiger partial charge in [-0.15, -0.1) is 0 Å². The van der Waals surface area contributed by atoms with Crippen LogP contribution >= 0.6 is 0 Å². The van der Waals surface area contributed by atoms with E-state index < -0.39 is 0 Å². The van der Waals surface area contributed by atoms with Gasteiger partial charge in [-0.05, 0) is 36.1 Å². The predicted octanol–water partition coefficient (Wildman–Crippen LogP) is 2.59. The number of benzene rings is 1. The summed E-state index contributed by atoms with van der Waals surface area (Å²) in [5.74, 6) is 0.0503. The molecule has 0 aromatic heterocycles. The first-order chi connectivity index (χ1) is 9.34. The van der Waals surface area contributed by atoms with E-state index in [-0.39, 0.29) is 23.3 Å². The standard InChI is InChI=1S/C16H22N2O2/c1-16(2,3)13-9-10-14(19)18(13)12-7-5-11(6-8-12)15(20)17-4/h5-8,13H,9-10H2,1-4H3,(H,17,20). The van der Waals surface area contributed by atoms with Gasteiger partial charge < -0.3 is 10.2 Å². The van der Waals surface area contributed by atoms with Gasteiger partial charge in [0.1, 0.15) is 0 Å². The van der Waals surface area contributed by atoms with Crippen molar-refractivity contribution in [1.82, 2.24) is 5.32 Å². The van der Waals surface area contributed by atoms with Gasteiger partial charge >= 0.3 is 0 Å². The number of nitrogens with zero attached hydrogens (tertiary/aromatic N) is 1. The van der Waals surface area contributed by atoms with Crippen molar-refractivity contribution in [2.75, 3.05) is 11.9 Å². The van der Waals surface area contributed by atoms with E-state index in [0.717, 1.165) is 12.1 Å². The Kier molecular flexibility index (Phi) is 3.84. The van der Waals surface area contributed by atoms with Crippen molar-refractivity contribution in [3.8, 4) is 0 Å². The molecule has 1 aromatic rings. The molecule has 1 heterocycles. The lowest BCUT2D eigenvalue weighted by Crippen LogP contribution is -2.41. The van der Waals surface area contributed by atoms with Crippen LogP contribution in [0.1, 0.15) is 44.0 Å². The molecule has 0 bridgehead atoms. The Morgan fingerprint density at radius 3 is 2.35 bits per heavy atom. The number of hydrogen-bond donors (Lipinski definition) is 1. The van der Waals surface area contributed by atoms with E-state index in [4.69, 9.17) is 0 Å². The van der Waals surface area contributed by atoms with Crippen LogP contribution in [0.4, 0.5) is 5.69 Å². The Hall–Kier alpha value is -1.84. The molecule has 1 aliphatic heterocycles. The lowest BCUT2D eigenvalue weighted by molar-refractivity contribution is -0.117. The van der Waals surface area contributed by atoms with E-state index >= 15 is 0 Å². The maximum atomic E-state index is 12.2. The number of hydrogen-bond acceptors (Lipinski definition) is 2. The third-order valence-corrected chi connectivity index (χ3v) is 3.85. The molecule has 1 atom stereocenters. The van der Waals surface area contributed by atoms with Crippen LogP contribution in [-0.2, 0) is 4.79 Å². The zero-order valence-electron chi connectivity index (χ0n) is 12.6. The van der Waals surface area contributed by atoms with Crippen molar-refractivity contribution in [1.29, 1.82) is 0 Å². The van der Waals surface area contributed by atoms with Crippen molar-refractivity contribution in [3.63, 3.8) is 0 Å². The highest BCUT2D eigenvalue weighted by Crippen LogP contribution is 2.36. The molecule has 1 aromatic carbocycles. The minimum atomic E-state index is -0.114. The summed E-state index contributed by atoms with van der Waals surface area (Å²) in [6.07, 6.45) is 1.48. The molecule has 108 valence electrons. The summed E-state index contributed by atoms with van der Waals surface area (Å²) in [7, 11) is 1.61. The molecule has 4 nitrogen and oxygen atoms in total. The Balaban J connectivity index is 2.29. The van der Waals surface area contributed by atoms with Crippen LogP contribution in [0, 0.1) is 5.41 Å². The summed E-state index contributed by atoms with van der Waals surface area (Å²) in [6, 6.07) is 7.44. The van der Waals surface area contributed by atoms with Gasteiger partial charge in [-0.1, -0.05) is 20.8 Å². The summed E-state index contributed by atoms with van der Waals surface area (Å²) in [4.78, 5) is 25.6. The van der Waals surface area contributed by atoms with E-state index in [1.54, 1.807) is 19.2 Å². The molecular formula is C16H22N2O2. The number of carbonyl (C=O) groups is 2. The summed E-state index contributed by atoms with van der Waals surface area (Å²) in [5, 5.41) is 2.59. The summed E-state index contributed by atoms with van der Waals surface area (Å²) in [5.41, 5.74) is 1.53. The number of nitrogens with one attached hydrogen (secondary N) is 1. The monoisotopic (exact) mass is 274 g/mol. The zero-order chi connectivity index (χ0) is 14.9. The van der Waals surface area contributed by atoms with Gasteiger partial charge in [-0.25, -0.2) is 0 Å². The van der Waals surface area contributed by atoms with Crippen LogP contribution in [-0.4, -0.2) is 24.9 Å². The molecule has 1 unspecified atom stereocenters. The van der Waals surface area contributed by atoms with E-state index in [1.165, 1.54) is 0 Å². The van der Waals surface area contributed by atoms with Crippen LogP contribution < -0.4 is 10.2 Å². The van der Waals surface area contributed by atoms with Crippen molar-refractivity contribution in [2.24, 2.45) is 5.41 Å². The van der Waals surface area contributed by atoms with E-state index in [0.29, 0.717) is 12.0 Å². The van der Waals surface area contributed by atoms with Gasteiger partial charge in [-0.3, -0.25) is 9.59 Å². The fourth-order valence-electron chi connectivity index (χ4n) is 2.75. The SMILES string of the molecule is CNC(=O)c1ccc(N2C(=O)CCC2C(C)(C)C)cc1. The Labute approximate surface area is 120 Å². The zero-order valence-corrected chi connectivity index (χ0v) is 12.6. The number of carbonyl (C=O) groups excluding carboxylic acids is 2. The first-order valence-corrected chi connectivity index (χ1v) is 6.99. The van der Waals surface area contributed by atoms with E-state index in [2.05, 4.69) is 26.1 Å². The maximum Gasteiger partial charge on any atom is 0.251 e. The molecule has 1 aliphatic rings. The Bertz CT molecular complexity index is 514. The van der Waals surface area contributed by atoms with Crippen LogP contribution in [0.5, 0.6) is 0 Å². The molecule has 4 heteroatoms. The third kappa shape index (κ3) is 2.69. The third-order valence-electron chi connectivity index (χ3n) is 3.85. The highest BCUT2D eigenvalue weighted by Gasteiger charge is 2.39. The lowest BCUT2D eigenvalue weighted by Gasteiger charge is -2.35. The molecule has 1 fully saturated rings. The summed E-state index contributed by atoms with van der Waals surface area (Å²) < 4.78 is 0. The Morgan fingerprint density at radius 1 is 1.25 bits per heavy atom. The van der Waals surface area contributed by atoms with Gasteiger partial charge in [0.15, 0.2) is 0 Å². The molecular weight excluding hydrogens is 252 g/mol. The van der Waals surface area contributed by atoms with Gasteiger partial charge in [-0.2, -0.15) is 0 Å². The van der Waals surface area contributed by atoms with Gasteiger partial charge in [0.2, 0.25) is 5.91 Å². The molecule has 0 radical (unpaired) electrons. The highest BCUT2D eigenvalue weighted by atomic mass is 16.2. The number of amides is 2. The first kappa shape index (κ1) is 14.6. The Morgan fingerprint density at radius 2 is 1.85 bits per heavy atom. The molecule has 2 rings (SSSR count). The van der Waals surface area contributed by atoms with Crippen molar-refractivity contribution in [3.05, 3.63) is 29.8 Å². The van der Waals surface area contributed by atoms with Crippen molar-refractivity contribution in [2.45, 2.75) is 39.7 Å². The minimum Gasteiger partial charge on any atom is -0.355 e. The predicted molar refractivity (Wildman–Crippen MR) is 79.8 cm³/mol. The van der Waals surface area contributed by atoms with E-state index in [1.807, 2.05) is 17.0 Å². The quantitative estimate of drug-likeness (QED) is 0.901. The van der Waals surface area contributed by atoms with Gasteiger partial charge in [0, 0.05) is 30.8 Å². The van der Waals surface area contributed by atoms with Crippen LogP contribution in [0.15, 0.2) is 24.3 Å². The van der Waals surface area contributed by atoms with Gasteiger partial charge in [0.05, 0.1) is 0 Å². The average molecular weight is 274 g/mol. The van der Waals surface area contributed by atoms with Crippen molar-refractivity contribution >= 4 is 17.5 Å². The molecule has 2 amide bonds. The first-order valence-electron chi connectivity index (χ1n) is 6.99. The molecule has 1 N–H and O–H groups in total. The fourth-order valence-corrected chi connectivity index (χ4v) is 2.75. The molecule has 0 saturated carbocycles. The average Bonchev–Trinajstić information content (AvgIpc) is 2.80. The lowest BCUT2D eigenvalue weighted by atomic mass is 9.85. The second-order valence-electron chi connectivity index (χ2n) is 6.31. The fraction of sp³-hybridized carbons (Fsp3) is 0.500. The summed E-state index contributed by atoms with van der Waals surface area (Å²) >= 11 is 0. The largest absolute Gasteiger partial charge is 0.355 e. The van der Waals surface area contributed by atoms with E-state index in [9.17, 15) is 9.59 Å². The minimum absolute atomic E-state index is 0.0472. The second-order valence-corrected chi connectivity index (χ2v) is 6.31. The molecule has 0 aliphatic carbocycles. The number of anilines is 1. The normalized spacial score (nSPS) is 19.3. The molecule has 20 heavy (non-hydrogen) atoms. The number of rotatable bonds is 2. The van der Waals surface area contributed by atoms with Crippen LogP contribution in [0.2, 0.25) is 0 Å². The smallest absolute Gasteiger partial charge is 0.251 e. The van der Waals surface area contributed by atoms with Crippen LogP contribution in [0.3, 0.4) is 0 Å². The second kappa shape index (κ2) is 5.27. The van der Waals surface area contributed by atoms with Gasteiger partial charge in [0.25, 0.3) is 5.91 Å². The van der Waals surface area contributed by atoms with Crippen molar-refractivity contribution < 1.29 is 9.59 Å². The molecule has 1 saturated heterocycles. The topological polar surface area (TPSA) is 49.4 Å². The molecule has 0 spiro atoms.